The van der Waals surface area contributed by atoms with E-state index in [1.807, 2.05) is 30.3 Å². The molecule has 0 unspecified atom stereocenters. The van der Waals surface area contributed by atoms with Gasteiger partial charge in [0.05, 0.1) is 17.3 Å². The number of carbonyl (C=O) groups excluding carboxylic acids is 2. The van der Waals surface area contributed by atoms with Gasteiger partial charge < -0.3 is 16.0 Å². The highest BCUT2D eigenvalue weighted by Crippen LogP contribution is 2.20. The van der Waals surface area contributed by atoms with Gasteiger partial charge in [-0.3, -0.25) is 9.59 Å². The van der Waals surface area contributed by atoms with Crippen molar-refractivity contribution in [3.8, 4) is 0 Å². The quantitative estimate of drug-likeness (QED) is 0.559. The first-order chi connectivity index (χ1) is 13.6. The molecule has 6 heteroatoms. The maximum atomic E-state index is 12.4. The standard InChI is InChI=1S/C22H20ClN3O2/c23-19-11-4-5-12-20(19)26-21(27)15-24-18-10-6-9-17(13-18)22(28)25-14-16-7-2-1-3-8-16/h1-13,24H,14-15H2,(H,25,28)(H,26,27). The molecule has 0 bridgehead atoms. The van der Waals surface area contributed by atoms with E-state index in [0.717, 1.165) is 5.56 Å². The summed E-state index contributed by atoms with van der Waals surface area (Å²) in [5, 5.41) is 9.13. The summed E-state index contributed by atoms with van der Waals surface area (Å²) in [4.78, 5) is 24.5. The summed E-state index contributed by atoms with van der Waals surface area (Å²) in [6, 6.07) is 23.8. The van der Waals surface area contributed by atoms with Crippen LogP contribution in [0.2, 0.25) is 5.02 Å². The normalized spacial score (nSPS) is 10.2. The number of halogens is 1. The summed E-state index contributed by atoms with van der Waals surface area (Å²) >= 11 is 6.04. The third-order valence-corrected chi connectivity index (χ3v) is 4.35. The largest absolute Gasteiger partial charge is 0.376 e. The maximum Gasteiger partial charge on any atom is 0.251 e. The number of carbonyl (C=O) groups is 2. The van der Waals surface area contributed by atoms with Gasteiger partial charge in [0, 0.05) is 17.8 Å². The van der Waals surface area contributed by atoms with Crippen LogP contribution in [0.15, 0.2) is 78.9 Å². The zero-order chi connectivity index (χ0) is 19.8. The smallest absolute Gasteiger partial charge is 0.251 e. The van der Waals surface area contributed by atoms with Gasteiger partial charge in [0.1, 0.15) is 0 Å². The van der Waals surface area contributed by atoms with Gasteiger partial charge in [-0.2, -0.15) is 0 Å². The zero-order valence-corrected chi connectivity index (χ0v) is 15.9. The van der Waals surface area contributed by atoms with Crippen molar-refractivity contribution < 1.29 is 9.59 Å². The van der Waals surface area contributed by atoms with Crippen molar-refractivity contribution in [2.24, 2.45) is 0 Å². The van der Waals surface area contributed by atoms with Gasteiger partial charge >= 0.3 is 0 Å². The van der Waals surface area contributed by atoms with E-state index in [4.69, 9.17) is 11.6 Å². The maximum absolute atomic E-state index is 12.4. The van der Waals surface area contributed by atoms with E-state index in [9.17, 15) is 9.59 Å². The third kappa shape index (κ3) is 5.59. The average molecular weight is 394 g/mol. The second kappa shape index (κ2) is 9.58. The minimum atomic E-state index is -0.230. The van der Waals surface area contributed by atoms with E-state index in [1.54, 1.807) is 48.5 Å². The molecule has 0 aliphatic rings. The van der Waals surface area contributed by atoms with Crippen molar-refractivity contribution in [3.63, 3.8) is 0 Å². The Kier molecular flexibility index (Phi) is 6.65. The lowest BCUT2D eigenvalue weighted by Crippen LogP contribution is -2.24. The van der Waals surface area contributed by atoms with Gasteiger partial charge in [0.15, 0.2) is 0 Å². The van der Waals surface area contributed by atoms with Crippen LogP contribution in [0, 0.1) is 0 Å². The average Bonchev–Trinajstić information content (AvgIpc) is 2.73. The molecule has 28 heavy (non-hydrogen) atoms. The Bertz CT molecular complexity index is 961. The van der Waals surface area contributed by atoms with Crippen LogP contribution < -0.4 is 16.0 Å². The summed E-state index contributed by atoms with van der Waals surface area (Å²) < 4.78 is 0. The first-order valence-electron chi connectivity index (χ1n) is 8.82. The second-order valence-corrected chi connectivity index (χ2v) is 6.54. The highest BCUT2D eigenvalue weighted by Gasteiger charge is 2.08. The SMILES string of the molecule is O=C(CNc1cccc(C(=O)NCc2ccccc2)c1)Nc1ccccc1Cl. The fourth-order valence-electron chi connectivity index (χ4n) is 2.59. The van der Waals surface area contributed by atoms with Gasteiger partial charge in [-0.1, -0.05) is 60.1 Å². The van der Waals surface area contributed by atoms with Gasteiger partial charge in [0.2, 0.25) is 5.91 Å². The predicted molar refractivity (Wildman–Crippen MR) is 113 cm³/mol. The molecule has 142 valence electrons. The molecule has 3 N–H and O–H groups in total. The summed E-state index contributed by atoms with van der Waals surface area (Å²) in [6.45, 7) is 0.512. The number of nitrogens with one attached hydrogen (secondary N) is 3. The van der Waals surface area contributed by atoms with Gasteiger partial charge in [-0.05, 0) is 35.9 Å². The minimum absolute atomic E-state index is 0.0559. The van der Waals surface area contributed by atoms with Crippen LogP contribution in [-0.2, 0) is 11.3 Å². The third-order valence-electron chi connectivity index (χ3n) is 4.02. The monoisotopic (exact) mass is 393 g/mol. The Hall–Kier alpha value is -3.31. The molecule has 0 aliphatic heterocycles. The number of amides is 2. The Morgan fingerprint density at radius 3 is 2.39 bits per heavy atom. The fourth-order valence-corrected chi connectivity index (χ4v) is 2.77. The van der Waals surface area contributed by atoms with E-state index in [-0.39, 0.29) is 18.4 Å². The second-order valence-electron chi connectivity index (χ2n) is 6.13. The summed E-state index contributed by atoms with van der Waals surface area (Å²) in [6.07, 6.45) is 0. The summed E-state index contributed by atoms with van der Waals surface area (Å²) in [5.41, 5.74) is 2.79. The Labute approximate surface area is 168 Å². The lowest BCUT2D eigenvalue weighted by atomic mass is 10.1. The molecule has 3 rings (SSSR count). The van der Waals surface area contributed by atoms with E-state index in [2.05, 4.69) is 16.0 Å². The Balaban J connectivity index is 1.53. The molecular weight excluding hydrogens is 374 g/mol. The molecular formula is C22H20ClN3O2. The molecule has 3 aromatic rings. The van der Waals surface area contributed by atoms with Crippen LogP contribution in [0.4, 0.5) is 11.4 Å². The van der Waals surface area contributed by atoms with Gasteiger partial charge in [-0.25, -0.2) is 0 Å². The van der Waals surface area contributed by atoms with E-state index in [0.29, 0.717) is 28.5 Å². The van der Waals surface area contributed by atoms with Crippen molar-refractivity contribution in [2.75, 3.05) is 17.2 Å². The van der Waals surface area contributed by atoms with Crippen LogP contribution in [0.1, 0.15) is 15.9 Å². The molecule has 3 aromatic carbocycles. The van der Waals surface area contributed by atoms with Crippen molar-refractivity contribution in [1.29, 1.82) is 0 Å². The molecule has 2 amide bonds. The van der Waals surface area contributed by atoms with Crippen molar-refractivity contribution >= 4 is 34.8 Å². The number of hydrogen-bond donors (Lipinski definition) is 3. The van der Waals surface area contributed by atoms with Crippen LogP contribution in [0.3, 0.4) is 0 Å². The first-order valence-corrected chi connectivity index (χ1v) is 9.20. The van der Waals surface area contributed by atoms with Gasteiger partial charge in [0.25, 0.3) is 5.91 Å². The van der Waals surface area contributed by atoms with Crippen LogP contribution in [0.25, 0.3) is 0 Å². The zero-order valence-electron chi connectivity index (χ0n) is 15.1. The van der Waals surface area contributed by atoms with E-state index in [1.165, 1.54) is 0 Å². The van der Waals surface area contributed by atoms with Crippen molar-refractivity contribution in [2.45, 2.75) is 6.54 Å². The topological polar surface area (TPSA) is 70.2 Å². The van der Waals surface area contributed by atoms with E-state index >= 15 is 0 Å². The first kappa shape index (κ1) is 19.5. The molecule has 0 saturated heterocycles. The lowest BCUT2D eigenvalue weighted by Gasteiger charge is -2.10. The minimum Gasteiger partial charge on any atom is -0.376 e. The van der Waals surface area contributed by atoms with Crippen LogP contribution in [-0.4, -0.2) is 18.4 Å². The predicted octanol–water partition coefficient (Wildman–Crippen LogP) is 4.32. The molecule has 0 spiro atoms. The summed E-state index contributed by atoms with van der Waals surface area (Å²) in [5.74, 6) is -0.403. The summed E-state index contributed by atoms with van der Waals surface area (Å²) in [7, 11) is 0. The van der Waals surface area contributed by atoms with Crippen molar-refractivity contribution in [3.05, 3.63) is 95.0 Å². The number of benzene rings is 3. The number of anilines is 2. The van der Waals surface area contributed by atoms with Crippen LogP contribution >= 0.6 is 11.6 Å². The van der Waals surface area contributed by atoms with Gasteiger partial charge in [-0.15, -0.1) is 0 Å². The Morgan fingerprint density at radius 2 is 1.61 bits per heavy atom. The highest BCUT2D eigenvalue weighted by molar-refractivity contribution is 6.33. The molecule has 0 radical (unpaired) electrons. The number of rotatable bonds is 7. The molecule has 0 aliphatic carbocycles. The van der Waals surface area contributed by atoms with E-state index < -0.39 is 0 Å². The number of hydrogen-bond acceptors (Lipinski definition) is 3. The molecule has 5 nitrogen and oxygen atoms in total. The molecule has 0 aromatic heterocycles. The molecule has 0 atom stereocenters. The van der Waals surface area contributed by atoms with Crippen molar-refractivity contribution in [1.82, 2.24) is 5.32 Å². The molecule has 0 fully saturated rings. The molecule has 0 heterocycles. The Morgan fingerprint density at radius 1 is 0.857 bits per heavy atom. The fraction of sp³-hybridized carbons (Fsp3) is 0.0909. The highest BCUT2D eigenvalue weighted by atomic mass is 35.5. The lowest BCUT2D eigenvalue weighted by molar-refractivity contribution is -0.114. The molecule has 0 saturated carbocycles. The van der Waals surface area contributed by atoms with Crippen LogP contribution in [0.5, 0.6) is 0 Å². The number of para-hydroxylation sites is 1.